The minimum atomic E-state index is 0.680. The smallest absolute Gasteiger partial charge is 0.161 e. The van der Waals surface area contributed by atoms with E-state index in [1.165, 1.54) is 16.0 Å². The molecule has 2 aliphatic heterocycles. The maximum Gasteiger partial charge on any atom is 0.161 e. The van der Waals surface area contributed by atoms with Gasteiger partial charge >= 0.3 is 0 Å². The molecule has 0 aliphatic carbocycles. The van der Waals surface area contributed by atoms with Crippen molar-refractivity contribution in [1.82, 2.24) is 9.80 Å². The van der Waals surface area contributed by atoms with Gasteiger partial charge in [-0.3, -0.25) is 4.90 Å². The predicted molar refractivity (Wildman–Crippen MR) is 121 cm³/mol. The highest BCUT2D eigenvalue weighted by Crippen LogP contribution is 2.40. The Morgan fingerprint density at radius 1 is 1.10 bits per heavy atom. The fourth-order valence-corrected chi connectivity index (χ4v) is 4.70. The minimum Gasteiger partial charge on any atom is -0.493 e. The number of nitriles is 1. The first-order chi connectivity index (χ1) is 14.7. The van der Waals surface area contributed by atoms with E-state index in [-0.39, 0.29) is 0 Å². The van der Waals surface area contributed by atoms with E-state index in [0.717, 1.165) is 55.2 Å². The molecule has 0 radical (unpaired) electrons. The lowest BCUT2D eigenvalue weighted by molar-refractivity contribution is 0.176. The first-order valence-electron chi connectivity index (χ1n) is 10.2. The third-order valence-electron chi connectivity index (χ3n) is 5.88. The van der Waals surface area contributed by atoms with Crippen molar-refractivity contribution >= 4 is 17.5 Å². The van der Waals surface area contributed by atoms with Crippen molar-refractivity contribution in [3.05, 3.63) is 58.7 Å². The Balaban J connectivity index is 1.56. The molecule has 5 nitrogen and oxygen atoms in total. The molecule has 0 aromatic heterocycles. The van der Waals surface area contributed by atoms with Gasteiger partial charge in [-0.1, -0.05) is 12.1 Å². The molecule has 6 heteroatoms. The van der Waals surface area contributed by atoms with E-state index in [4.69, 9.17) is 9.47 Å². The summed E-state index contributed by atoms with van der Waals surface area (Å²) in [6.45, 7) is 3.37. The molecule has 0 fully saturated rings. The summed E-state index contributed by atoms with van der Waals surface area (Å²) in [6, 6.07) is 15.3. The molecule has 0 amide bonds. The number of ether oxygens (including phenoxy) is 2. The molecule has 0 spiro atoms. The first kappa shape index (κ1) is 20.6. The van der Waals surface area contributed by atoms with Crippen molar-refractivity contribution in [3.8, 4) is 17.6 Å². The Hall–Kier alpha value is -2.62. The van der Waals surface area contributed by atoms with Gasteiger partial charge in [0.25, 0.3) is 0 Å². The molecule has 0 N–H and O–H groups in total. The molecule has 30 heavy (non-hydrogen) atoms. The van der Waals surface area contributed by atoms with E-state index in [1.54, 1.807) is 26.0 Å². The fraction of sp³-hybridized carbons (Fsp3) is 0.375. The third-order valence-corrected chi connectivity index (χ3v) is 6.62. The Morgan fingerprint density at radius 2 is 1.83 bits per heavy atom. The second kappa shape index (κ2) is 9.03. The van der Waals surface area contributed by atoms with Gasteiger partial charge in [-0.15, -0.1) is 11.8 Å². The van der Waals surface area contributed by atoms with Crippen LogP contribution in [0.25, 0.3) is 5.70 Å². The summed E-state index contributed by atoms with van der Waals surface area (Å²) in [5.74, 6) is 1.45. The van der Waals surface area contributed by atoms with E-state index in [1.807, 2.05) is 6.07 Å². The zero-order valence-corrected chi connectivity index (χ0v) is 18.6. The van der Waals surface area contributed by atoms with Crippen LogP contribution in [0.4, 0.5) is 0 Å². The molecule has 0 saturated carbocycles. The summed E-state index contributed by atoms with van der Waals surface area (Å²) in [7, 11) is 3.31. The molecule has 156 valence electrons. The summed E-state index contributed by atoms with van der Waals surface area (Å²) in [6.07, 6.45) is 4.01. The monoisotopic (exact) mass is 421 g/mol. The summed E-state index contributed by atoms with van der Waals surface area (Å²) in [4.78, 5) is 6.00. The van der Waals surface area contributed by atoms with Crippen LogP contribution in [0, 0.1) is 11.3 Å². The zero-order valence-electron chi connectivity index (χ0n) is 17.8. The minimum absolute atomic E-state index is 0.680. The predicted octanol–water partition coefficient (Wildman–Crippen LogP) is 4.03. The highest BCUT2D eigenvalue weighted by atomic mass is 32.2. The molecule has 0 saturated heterocycles. The number of hydrogen-bond donors (Lipinski definition) is 0. The highest BCUT2D eigenvalue weighted by Gasteiger charge is 2.31. The lowest BCUT2D eigenvalue weighted by atomic mass is 9.92. The lowest BCUT2D eigenvalue weighted by Gasteiger charge is -2.42. The van der Waals surface area contributed by atoms with Crippen LogP contribution in [-0.4, -0.2) is 56.6 Å². The molecule has 0 bridgehead atoms. The van der Waals surface area contributed by atoms with Crippen LogP contribution in [0.1, 0.15) is 16.7 Å². The quantitative estimate of drug-likeness (QED) is 0.657. The molecule has 2 aromatic carbocycles. The average molecular weight is 422 g/mol. The van der Waals surface area contributed by atoms with Crippen LogP contribution in [0.3, 0.4) is 0 Å². The first-order valence-corrected chi connectivity index (χ1v) is 11.4. The van der Waals surface area contributed by atoms with E-state index in [0.29, 0.717) is 12.3 Å². The van der Waals surface area contributed by atoms with Gasteiger partial charge in [-0.05, 0) is 54.5 Å². The number of hydrogen-bond acceptors (Lipinski definition) is 6. The van der Waals surface area contributed by atoms with E-state index < -0.39 is 0 Å². The SMILES string of the molecule is COc1cc2c(cc1OC)C1=C(C#N)CN(CCc3ccc(SC)cc3)CN1CC2. The summed E-state index contributed by atoms with van der Waals surface area (Å²) in [5, 5.41) is 9.92. The largest absolute Gasteiger partial charge is 0.493 e. The second-order valence-electron chi connectivity index (χ2n) is 7.61. The molecule has 2 aromatic rings. The average Bonchev–Trinajstić information content (AvgIpc) is 2.81. The van der Waals surface area contributed by atoms with Gasteiger partial charge in [0, 0.05) is 30.1 Å². The number of methoxy groups -OCH3 is 2. The summed E-state index contributed by atoms with van der Waals surface area (Å²) in [5.41, 5.74) is 5.53. The highest BCUT2D eigenvalue weighted by molar-refractivity contribution is 7.98. The van der Waals surface area contributed by atoms with E-state index >= 15 is 0 Å². The van der Waals surface area contributed by atoms with Crippen molar-refractivity contribution < 1.29 is 9.47 Å². The van der Waals surface area contributed by atoms with Crippen molar-refractivity contribution in [3.63, 3.8) is 0 Å². The number of thioether (sulfide) groups is 1. The van der Waals surface area contributed by atoms with Gasteiger partial charge in [0.1, 0.15) is 0 Å². The van der Waals surface area contributed by atoms with Crippen molar-refractivity contribution in [1.29, 1.82) is 5.26 Å². The Kier molecular flexibility index (Phi) is 6.21. The molecular formula is C24H27N3O2S. The Bertz CT molecular complexity index is 995. The van der Waals surface area contributed by atoms with Crippen LogP contribution >= 0.6 is 11.8 Å². The van der Waals surface area contributed by atoms with Crippen molar-refractivity contribution in [2.45, 2.75) is 17.7 Å². The van der Waals surface area contributed by atoms with E-state index in [2.05, 4.69) is 52.5 Å². The molecule has 0 unspecified atom stereocenters. The molecule has 4 rings (SSSR count). The maximum atomic E-state index is 9.92. The van der Waals surface area contributed by atoms with Crippen LogP contribution in [-0.2, 0) is 12.8 Å². The second-order valence-corrected chi connectivity index (χ2v) is 8.49. The van der Waals surface area contributed by atoms with Gasteiger partial charge in [-0.2, -0.15) is 5.26 Å². The van der Waals surface area contributed by atoms with Gasteiger partial charge in [-0.25, -0.2) is 0 Å². The van der Waals surface area contributed by atoms with Gasteiger partial charge in [0.15, 0.2) is 11.5 Å². The van der Waals surface area contributed by atoms with Gasteiger partial charge in [0.05, 0.1) is 38.2 Å². The lowest BCUT2D eigenvalue weighted by Crippen LogP contribution is -2.46. The maximum absolute atomic E-state index is 9.92. The van der Waals surface area contributed by atoms with Crippen LogP contribution in [0.5, 0.6) is 11.5 Å². The zero-order chi connectivity index (χ0) is 21.1. The number of nitrogens with zero attached hydrogens (tertiary/aromatic N) is 3. The number of rotatable bonds is 6. The number of fused-ring (bicyclic) bond motifs is 3. The summed E-state index contributed by atoms with van der Waals surface area (Å²) < 4.78 is 11.0. The molecular weight excluding hydrogens is 394 g/mol. The van der Waals surface area contributed by atoms with Gasteiger partial charge < -0.3 is 14.4 Å². The standard InChI is InChI=1S/C24H27N3O2S/c1-28-22-12-18-9-11-27-16-26(10-8-17-4-6-20(30-3)7-5-17)15-19(14-25)24(27)21(18)13-23(22)29-2/h4-7,12-13H,8-11,15-16H2,1-3H3. The van der Waals surface area contributed by atoms with Crippen molar-refractivity contribution in [2.75, 3.05) is 46.8 Å². The van der Waals surface area contributed by atoms with Crippen molar-refractivity contribution in [2.24, 2.45) is 0 Å². The van der Waals surface area contributed by atoms with Crippen LogP contribution in [0.2, 0.25) is 0 Å². The Labute approximate surface area is 182 Å². The summed E-state index contributed by atoms with van der Waals surface area (Å²) >= 11 is 1.76. The molecule has 2 aliphatic rings. The third kappa shape index (κ3) is 4.00. The normalized spacial score (nSPS) is 16.0. The van der Waals surface area contributed by atoms with Crippen LogP contribution in [0.15, 0.2) is 46.9 Å². The number of benzene rings is 2. The fourth-order valence-electron chi connectivity index (χ4n) is 4.29. The molecule has 0 atom stereocenters. The van der Waals surface area contributed by atoms with E-state index in [9.17, 15) is 5.26 Å². The van der Waals surface area contributed by atoms with Crippen LogP contribution < -0.4 is 9.47 Å². The topological polar surface area (TPSA) is 48.7 Å². The van der Waals surface area contributed by atoms with Gasteiger partial charge in [0.2, 0.25) is 0 Å². The Morgan fingerprint density at radius 3 is 2.50 bits per heavy atom. The molecule has 2 heterocycles.